The number of hydrogen-bond donors (Lipinski definition) is 2. The second-order valence-corrected chi connectivity index (χ2v) is 4.43. The summed E-state index contributed by atoms with van der Waals surface area (Å²) < 4.78 is 21.8. The number of sulfonamides is 1. The Morgan fingerprint density at radius 3 is 2.13 bits per heavy atom. The van der Waals surface area contributed by atoms with Gasteiger partial charge in [0.15, 0.2) is 0 Å². The van der Waals surface area contributed by atoms with Gasteiger partial charge in [-0.15, -0.1) is 0 Å². The van der Waals surface area contributed by atoms with Gasteiger partial charge < -0.3 is 0 Å². The number of nitrogens with two attached hydrogens (primary N) is 1. The molecule has 1 rings (SSSR count). The van der Waals surface area contributed by atoms with E-state index in [1.165, 1.54) is 31.2 Å². The Hall–Kier alpha value is -1.44. The summed E-state index contributed by atoms with van der Waals surface area (Å²) in [4.78, 5) is 10.7. The van der Waals surface area contributed by atoms with Crippen LogP contribution in [0.25, 0.3) is 0 Å². The van der Waals surface area contributed by atoms with Crippen molar-refractivity contribution in [1.82, 2.24) is 0 Å². The normalized spacial score (nSPS) is 11.1. The highest BCUT2D eigenvalue weighted by atomic mass is 32.2. The van der Waals surface area contributed by atoms with Gasteiger partial charge in [-0.2, -0.15) is 5.06 Å². The fourth-order valence-corrected chi connectivity index (χ4v) is 1.47. The second kappa shape index (κ2) is 3.97. The molecule has 7 heteroatoms. The number of amides is 1. The molecule has 0 bridgehead atoms. The van der Waals surface area contributed by atoms with E-state index in [9.17, 15) is 18.4 Å². The lowest BCUT2D eigenvalue weighted by atomic mass is 10.3. The van der Waals surface area contributed by atoms with Crippen molar-refractivity contribution in [2.45, 2.75) is 11.8 Å². The lowest BCUT2D eigenvalue weighted by Crippen LogP contribution is -2.23. The Kier molecular flexibility index (Phi) is 3.08. The topological polar surface area (TPSA) is 101 Å². The highest BCUT2D eigenvalue weighted by Crippen LogP contribution is 2.15. The third kappa shape index (κ3) is 2.75. The van der Waals surface area contributed by atoms with Crippen LogP contribution in [0.5, 0.6) is 0 Å². The van der Waals surface area contributed by atoms with Gasteiger partial charge in [-0.1, -0.05) is 0 Å². The number of anilines is 1. The Labute approximate surface area is 86.9 Å². The minimum absolute atomic E-state index is 0.0804. The summed E-state index contributed by atoms with van der Waals surface area (Å²) in [5.41, 5.74) is 0.176. The fraction of sp³-hybridized carbons (Fsp3) is 0.125. The molecule has 0 spiro atoms. The molecule has 0 radical (unpaired) electrons. The van der Waals surface area contributed by atoms with E-state index in [-0.39, 0.29) is 10.6 Å². The first kappa shape index (κ1) is 11.6. The van der Waals surface area contributed by atoms with Gasteiger partial charge in [-0.3, -0.25) is 10.0 Å². The predicted molar refractivity (Wildman–Crippen MR) is 52.8 cm³/mol. The van der Waals surface area contributed by atoms with Gasteiger partial charge in [0.1, 0.15) is 0 Å². The van der Waals surface area contributed by atoms with E-state index in [0.717, 1.165) is 0 Å². The standard InChI is InChI=1S/C8H10N2O4S/c1-6(11)10(12)7-2-4-8(5-3-7)15(9,13)14/h2-5,12H,1H3,(H2,9,13,14). The lowest BCUT2D eigenvalue weighted by Gasteiger charge is -2.12. The first-order valence-electron chi connectivity index (χ1n) is 3.95. The molecular weight excluding hydrogens is 220 g/mol. The third-order valence-corrected chi connectivity index (χ3v) is 2.64. The molecule has 6 nitrogen and oxygen atoms in total. The van der Waals surface area contributed by atoms with Crippen LogP contribution < -0.4 is 10.2 Å². The zero-order chi connectivity index (χ0) is 11.6. The molecule has 0 aliphatic rings. The van der Waals surface area contributed by atoms with Crippen molar-refractivity contribution >= 4 is 21.6 Å². The summed E-state index contributed by atoms with van der Waals surface area (Å²) in [6, 6.07) is 4.97. The summed E-state index contributed by atoms with van der Waals surface area (Å²) >= 11 is 0. The van der Waals surface area contributed by atoms with Crippen LogP contribution in [0.2, 0.25) is 0 Å². The van der Waals surface area contributed by atoms with Crippen LogP contribution in [0.3, 0.4) is 0 Å². The number of rotatable bonds is 2. The maximum Gasteiger partial charge on any atom is 0.247 e. The molecule has 1 aromatic carbocycles. The van der Waals surface area contributed by atoms with Crippen molar-refractivity contribution < 1.29 is 18.4 Å². The Balaban J connectivity index is 3.06. The van der Waals surface area contributed by atoms with Crippen molar-refractivity contribution in [1.29, 1.82) is 0 Å². The Bertz CT molecular complexity index is 466. The molecule has 0 aromatic heterocycles. The SMILES string of the molecule is CC(=O)N(O)c1ccc(S(N)(=O)=O)cc1. The molecule has 0 atom stereocenters. The average Bonchev–Trinajstić information content (AvgIpc) is 2.15. The van der Waals surface area contributed by atoms with Crippen molar-refractivity contribution in [3.8, 4) is 0 Å². The first-order valence-corrected chi connectivity index (χ1v) is 5.49. The second-order valence-electron chi connectivity index (χ2n) is 2.87. The molecular formula is C8H10N2O4S. The number of carbonyl (C=O) groups excluding carboxylic acids is 1. The maximum atomic E-state index is 10.9. The number of primary sulfonamides is 1. The minimum atomic E-state index is -3.75. The van der Waals surface area contributed by atoms with Crippen LogP contribution in [0.15, 0.2) is 29.2 Å². The fourth-order valence-electron chi connectivity index (χ4n) is 0.959. The monoisotopic (exact) mass is 230 g/mol. The van der Waals surface area contributed by atoms with Gasteiger partial charge in [0, 0.05) is 6.92 Å². The van der Waals surface area contributed by atoms with Crippen LogP contribution >= 0.6 is 0 Å². The van der Waals surface area contributed by atoms with Crippen LogP contribution in [0.1, 0.15) is 6.92 Å². The highest BCUT2D eigenvalue weighted by Gasteiger charge is 2.10. The van der Waals surface area contributed by atoms with Crippen LogP contribution in [0, 0.1) is 0 Å². The summed E-state index contributed by atoms with van der Waals surface area (Å²) in [5, 5.41) is 14.5. The van der Waals surface area contributed by atoms with Gasteiger partial charge in [0.2, 0.25) is 15.9 Å². The summed E-state index contributed by atoms with van der Waals surface area (Å²) in [6.45, 7) is 1.17. The quantitative estimate of drug-likeness (QED) is 0.554. The van der Waals surface area contributed by atoms with Gasteiger partial charge >= 0.3 is 0 Å². The number of hydroxylamine groups is 1. The predicted octanol–water partition coefficient (Wildman–Crippen LogP) is 0.0761. The van der Waals surface area contributed by atoms with Crippen molar-refractivity contribution in [3.63, 3.8) is 0 Å². The van der Waals surface area contributed by atoms with Crippen molar-refractivity contribution in [2.24, 2.45) is 5.14 Å². The van der Waals surface area contributed by atoms with E-state index in [1.54, 1.807) is 0 Å². The van der Waals surface area contributed by atoms with Gasteiger partial charge in [0.05, 0.1) is 10.6 Å². The highest BCUT2D eigenvalue weighted by molar-refractivity contribution is 7.89. The first-order chi connectivity index (χ1) is 6.82. The van der Waals surface area contributed by atoms with Gasteiger partial charge in [-0.25, -0.2) is 13.6 Å². The maximum absolute atomic E-state index is 10.9. The smallest absolute Gasteiger partial charge is 0.247 e. The molecule has 15 heavy (non-hydrogen) atoms. The molecule has 0 unspecified atom stereocenters. The van der Waals surface area contributed by atoms with Gasteiger partial charge in [-0.05, 0) is 24.3 Å². The van der Waals surface area contributed by atoms with Crippen molar-refractivity contribution in [3.05, 3.63) is 24.3 Å². The van der Waals surface area contributed by atoms with Crippen molar-refractivity contribution in [2.75, 3.05) is 5.06 Å². The van der Waals surface area contributed by atoms with Crippen LogP contribution in [-0.2, 0) is 14.8 Å². The molecule has 1 amide bonds. The molecule has 3 N–H and O–H groups in total. The lowest BCUT2D eigenvalue weighted by molar-refractivity contribution is -0.121. The van der Waals surface area contributed by atoms with E-state index >= 15 is 0 Å². The van der Waals surface area contributed by atoms with E-state index < -0.39 is 15.9 Å². The van der Waals surface area contributed by atoms with Crippen LogP contribution in [0.4, 0.5) is 5.69 Å². The van der Waals surface area contributed by atoms with E-state index in [1.807, 2.05) is 0 Å². The number of carbonyl (C=O) groups is 1. The molecule has 1 aromatic rings. The summed E-state index contributed by atoms with van der Waals surface area (Å²) in [7, 11) is -3.75. The Morgan fingerprint density at radius 2 is 1.80 bits per heavy atom. The van der Waals surface area contributed by atoms with E-state index in [4.69, 9.17) is 5.14 Å². The molecule has 0 aliphatic heterocycles. The van der Waals surface area contributed by atoms with E-state index in [2.05, 4.69) is 0 Å². The number of hydrogen-bond acceptors (Lipinski definition) is 4. The van der Waals surface area contributed by atoms with Gasteiger partial charge in [0.25, 0.3) is 0 Å². The summed E-state index contributed by atoms with van der Waals surface area (Å²) in [6.07, 6.45) is 0. The molecule has 0 saturated heterocycles. The third-order valence-electron chi connectivity index (χ3n) is 1.71. The zero-order valence-corrected chi connectivity index (χ0v) is 8.73. The zero-order valence-electron chi connectivity index (χ0n) is 7.91. The average molecular weight is 230 g/mol. The minimum Gasteiger partial charge on any atom is -0.281 e. The largest absolute Gasteiger partial charge is 0.281 e. The molecule has 0 saturated carbocycles. The summed E-state index contributed by atoms with van der Waals surface area (Å²) in [5.74, 6) is -0.571. The Morgan fingerprint density at radius 1 is 1.33 bits per heavy atom. The van der Waals surface area contributed by atoms with Crippen LogP contribution in [-0.4, -0.2) is 19.5 Å². The molecule has 0 fully saturated rings. The molecule has 0 aliphatic carbocycles. The van der Waals surface area contributed by atoms with E-state index in [0.29, 0.717) is 5.06 Å². The number of nitrogens with zero attached hydrogens (tertiary/aromatic N) is 1. The molecule has 0 heterocycles. The molecule has 82 valence electrons. The number of benzene rings is 1.